The third kappa shape index (κ3) is 2.73. The van der Waals surface area contributed by atoms with Gasteiger partial charge in [-0.05, 0) is 31.5 Å². The number of aromatic nitrogens is 3. The van der Waals surface area contributed by atoms with Crippen LogP contribution in [0, 0.1) is 0 Å². The van der Waals surface area contributed by atoms with E-state index in [0.717, 1.165) is 24.6 Å². The fraction of sp³-hybridized carbons (Fsp3) is 0.462. The van der Waals surface area contributed by atoms with Crippen molar-refractivity contribution in [2.24, 2.45) is 0 Å². The summed E-state index contributed by atoms with van der Waals surface area (Å²) in [5, 5.41) is 7.42. The van der Waals surface area contributed by atoms with Gasteiger partial charge in [0.05, 0.1) is 6.42 Å². The monoisotopic (exact) mass is 244 g/mol. The molecule has 0 radical (unpaired) electrons. The Labute approximate surface area is 106 Å². The van der Waals surface area contributed by atoms with Gasteiger partial charge >= 0.3 is 0 Å². The molecule has 1 saturated heterocycles. The SMILES string of the molecule is c1ccc(Cc2noc(CC3CCCN3)n2)nc1. The molecule has 0 amide bonds. The van der Waals surface area contributed by atoms with Crippen molar-refractivity contribution in [3.05, 3.63) is 41.8 Å². The van der Waals surface area contributed by atoms with Gasteiger partial charge in [-0.2, -0.15) is 4.98 Å². The summed E-state index contributed by atoms with van der Waals surface area (Å²) >= 11 is 0. The largest absolute Gasteiger partial charge is 0.339 e. The molecule has 1 atom stereocenters. The Balaban J connectivity index is 1.62. The number of rotatable bonds is 4. The van der Waals surface area contributed by atoms with E-state index in [2.05, 4.69) is 20.4 Å². The van der Waals surface area contributed by atoms with Gasteiger partial charge in [-0.1, -0.05) is 11.2 Å². The van der Waals surface area contributed by atoms with E-state index in [1.54, 1.807) is 6.20 Å². The molecule has 1 unspecified atom stereocenters. The lowest BCUT2D eigenvalue weighted by Crippen LogP contribution is -2.23. The lowest BCUT2D eigenvalue weighted by Gasteiger charge is -2.04. The van der Waals surface area contributed by atoms with Gasteiger partial charge in [0.1, 0.15) is 0 Å². The zero-order valence-corrected chi connectivity index (χ0v) is 10.2. The summed E-state index contributed by atoms with van der Waals surface area (Å²) in [7, 11) is 0. The summed E-state index contributed by atoms with van der Waals surface area (Å²) in [5.74, 6) is 1.43. The minimum absolute atomic E-state index is 0.494. The number of hydrogen-bond donors (Lipinski definition) is 1. The minimum Gasteiger partial charge on any atom is -0.339 e. The fourth-order valence-corrected chi connectivity index (χ4v) is 2.25. The number of pyridine rings is 1. The first kappa shape index (κ1) is 11.3. The zero-order chi connectivity index (χ0) is 12.2. The van der Waals surface area contributed by atoms with Gasteiger partial charge in [0.2, 0.25) is 5.89 Å². The quantitative estimate of drug-likeness (QED) is 0.879. The minimum atomic E-state index is 0.494. The molecule has 1 fully saturated rings. The van der Waals surface area contributed by atoms with Crippen LogP contribution < -0.4 is 5.32 Å². The zero-order valence-electron chi connectivity index (χ0n) is 10.2. The molecule has 0 aliphatic carbocycles. The third-order valence-corrected chi connectivity index (χ3v) is 3.16. The number of hydrogen-bond acceptors (Lipinski definition) is 5. The molecule has 2 aromatic rings. The molecule has 2 aromatic heterocycles. The smallest absolute Gasteiger partial charge is 0.228 e. The van der Waals surface area contributed by atoms with E-state index < -0.39 is 0 Å². The molecular formula is C13H16N4O. The normalized spacial score (nSPS) is 19.2. The molecule has 3 rings (SSSR count). The molecule has 5 nitrogen and oxygen atoms in total. The summed E-state index contributed by atoms with van der Waals surface area (Å²) in [4.78, 5) is 8.66. The second-order valence-corrected chi connectivity index (χ2v) is 4.60. The van der Waals surface area contributed by atoms with Crippen LogP contribution in [0.1, 0.15) is 30.3 Å². The highest BCUT2D eigenvalue weighted by atomic mass is 16.5. The van der Waals surface area contributed by atoms with E-state index in [9.17, 15) is 0 Å². The van der Waals surface area contributed by atoms with Gasteiger partial charge < -0.3 is 9.84 Å². The predicted octanol–water partition coefficient (Wildman–Crippen LogP) is 1.35. The van der Waals surface area contributed by atoms with Crippen LogP contribution in [0.3, 0.4) is 0 Å². The van der Waals surface area contributed by atoms with Gasteiger partial charge in [0.25, 0.3) is 0 Å². The van der Waals surface area contributed by atoms with Crippen molar-refractivity contribution in [2.45, 2.75) is 31.7 Å². The van der Waals surface area contributed by atoms with Crippen LogP contribution in [0.15, 0.2) is 28.9 Å². The Morgan fingerprint density at radius 3 is 3.17 bits per heavy atom. The lowest BCUT2D eigenvalue weighted by molar-refractivity contribution is 0.360. The predicted molar refractivity (Wildman–Crippen MR) is 66.1 cm³/mol. The summed E-state index contributed by atoms with van der Waals surface area (Å²) in [6, 6.07) is 6.32. The first-order valence-electron chi connectivity index (χ1n) is 6.35. The summed E-state index contributed by atoms with van der Waals surface area (Å²) < 4.78 is 5.27. The van der Waals surface area contributed by atoms with Gasteiger partial charge in [0, 0.05) is 24.4 Å². The standard InChI is InChI=1S/C13H16N4O/c1-2-6-14-10(4-1)8-12-16-13(18-17-12)9-11-5-3-7-15-11/h1-2,4,6,11,15H,3,5,7-9H2. The first-order valence-corrected chi connectivity index (χ1v) is 6.35. The molecular weight excluding hydrogens is 228 g/mol. The summed E-state index contributed by atoms with van der Waals surface area (Å²) in [6.45, 7) is 1.10. The van der Waals surface area contributed by atoms with Crippen LogP contribution in [-0.4, -0.2) is 27.7 Å². The van der Waals surface area contributed by atoms with E-state index in [-0.39, 0.29) is 0 Å². The van der Waals surface area contributed by atoms with Gasteiger partial charge in [-0.25, -0.2) is 0 Å². The fourth-order valence-electron chi connectivity index (χ4n) is 2.25. The maximum absolute atomic E-state index is 5.27. The number of nitrogens with zero attached hydrogens (tertiary/aromatic N) is 3. The van der Waals surface area contributed by atoms with Crippen molar-refractivity contribution in [1.29, 1.82) is 0 Å². The van der Waals surface area contributed by atoms with E-state index in [1.807, 2.05) is 18.2 Å². The molecule has 18 heavy (non-hydrogen) atoms. The molecule has 0 spiro atoms. The Morgan fingerprint density at radius 2 is 2.39 bits per heavy atom. The van der Waals surface area contributed by atoms with Crippen LogP contribution in [-0.2, 0) is 12.8 Å². The van der Waals surface area contributed by atoms with Crippen LogP contribution in [0.25, 0.3) is 0 Å². The second-order valence-electron chi connectivity index (χ2n) is 4.60. The summed E-state index contributed by atoms with van der Waals surface area (Å²) in [6.07, 6.45) is 5.66. The summed E-state index contributed by atoms with van der Waals surface area (Å²) in [5.41, 5.74) is 0.962. The highest BCUT2D eigenvalue weighted by Gasteiger charge is 2.18. The molecule has 0 aromatic carbocycles. The maximum atomic E-state index is 5.27. The van der Waals surface area contributed by atoms with Crippen molar-refractivity contribution in [3.63, 3.8) is 0 Å². The Hall–Kier alpha value is -1.75. The average Bonchev–Trinajstić information content (AvgIpc) is 3.03. The first-order chi connectivity index (χ1) is 8.90. The topological polar surface area (TPSA) is 63.8 Å². The second kappa shape index (κ2) is 5.27. The van der Waals surface area contributed by atoms with Crippen LogP contribution in [0.4, 0.5) is 0 Å². The van der Waals surface area contributed by atoms with Crippen LogP contribution in [0.5, 0.6) is 0 Å². The van der Waals surface area contributed by atoms with E-state index in [4.69, 9.17) is 4.52 Å². The van der Waals surface area contributed by atoms with Gasteiger partial charge in [0.15, 0.2) is 5.82 Å². The molecule has 1 aliphatic heterocycles. The van der Waals surface area contributed by atoms with E-state index >= 15 is 0 Å². The van der Waals surface area contributed by atoms with Crippen molar-refractivity contribution >= 4 is 0 Å². The van der Waals surface area contributed by atoms with Crippen molar-refractivity contribution in [1.82, 2.24) is 20.4 Å². The molecule has 5 heteroatoms. The van der Waals surface area contributed by atoms with Crippen molar-refractivity contribution in [2.75, 3.05) is 6.54 Å². The Kier molecular flexibility index (Phi) is 3.32. The third-order valence-electron chi connectivity index (χ3n) is 3.16. The molecule has 1 aliphatic rings. The average molecular weight is 244 g/mol. The highest BCUT2D eigenvalue weighted by Crippen LogP contribution is 2.11. The van der Waals surface area contributed by atoms with Crippen molar-refractivity contribution in [3.8, 4) is 0 Å². The van der Waals surface area contributed by atoms with Gasteiger partial charge in [-0.15, -0.1) is 0 Å². The Bertz CT molecular complexity index is 491. The molecule has 1 N–H and O–H groups in total. The van der Waals surface area contributed by atoms with E-state index in [0.29, 0.717) is 18.3 Å². The Morgan fingerprint density at radius 1 is 1.39 bits per heavy atom. The van der Waals surface area contributed by atoms with E-state index in [1.165, 1.54) is 12.8 Å². The molecule has 0 saturated carbocycles. The van der Waals surface area contributed by atoms with Crippen LogP contribution >= 0.6 is 0 Å². The van der Waals surface area contributed by atoms with Crippen molar-refractivity contribution < 1.29 is 4.52 Å². The number of nitrogens with one attached hydrogen (secondary N) is 1. The molecule has 0 bridgehead atoms. The molecule has 3 heterocycles. The highest BCUT2D eigenvalue weighted by molar-refractivity contribution is 5.09. The van der Waals surface area contributed by atoms with Crippen LogP contribution in [0.2, 0.25) is 0 Å². The van der Waals surface area contributed by atoms with Gasteiger partial charge in [-0.3, -0.25) is 4.98 Å². The molecule has 94 valence electrons. The maximum Gasteiger partial charge on any atom is 0.228 e. The lowest BCUT2D eigenvalue weighted by atomic mass is 10.1.